The van der Waals surface area contributed by atoms with Gasteiger partial charge in [-0.3, -0.25) is 9.69 Å². The molecule has 0 aliphatic carbocycles. The molecule has 0 saturated carbocycles. The smallest absolute Gasteiger partial charge is 0.224 e. The van der Waals surface area contributed by atoms with E-state index in [-0.39, 0.29) is 11.8 Å². The number of hydrogen-bond donors (Lipinski definition) is 2. The Morgan fingerprint density at radius 1 is 1.42 bits per heavy atom. The highest BCUT2D eigenvalue weighted by Crippen LogP contribution is 2.22. The Bertz CT molecular complexity index is 554. The summed E-state index contributed by atoms with van der Waals surface area (Å²) < 4.78 is 26.3. The molecular weight excluding hydrogens is 314 g/mol. The van der Waals surface area contributed by atoms with Crippen molar-refractivity contribution in [1.29, 1.82) is 0 Å². The van der Waals surface area contributed by atoms with Crippen LogP contribution in [0, 0.1) is 17.6 Å². The third-order valence-electron chi connectivity index (χ3n) is 4.47. The Kier molecular flexibility index (Phi) is 7.12. The van der Waals surface area contributed by atoms with Gasteiger partial charge in [-0.25, -0.2) is 8.78 Å². The highest BCUT2D eigenvalue weighted by molar-refractivity contribution is 5.78. The van der Waals surface area contributed by atoms with E-state index in [1.165, 1.54) is 6.07 Å². The van der Waals surface area contributed by atoms with Gasteiger partial charge in [0, 0.05) is 19.6 Å². The number of piperidine rings is 1. The highest BCUT2D eigenvalue weighted by Gasteiger charge is 2.27. The van der Waals surface area contributed by atoms with Gasteiger partial charge in [0.25, 0.3) is 0 Å². The molecule has 0 radical (unpaired) electrons. The molecule has 1 aromatic rings. The maximum absolute atomic E-state index is 13.3. The Morgan fingerprint density at radius 3 is 2.92 bits per heavy atom. The predicted molar refractivity (Wildman–Crippen MR) is 88.4 cm³/mol. The molecule has 6 heteroatoms. The van der Waals surface area contributed by atoms with E-state index in [2.05, 4.69) is 12.2 Å². The first-order valence-corrected chi connectivity index (χ1v) is 8.64. The average molecular weight is 340 g/mol. The summed E-state index contributed by atoms with van der Waals surface area (Å²) in [6.07, 6.45) is 2.84. The number of carbonyl (C=O) groups excluding carboxylic acids is 1. The molecule has 0 aromatic heterocycles. The molecule has 1 aliphatic rings. The first-order valence-electron chi connectivity index (χ1n) is 8.64. The molecule has 0 spiro atoms. The molecule has 1 aliphatic heterocycles. The predicted octanol–water partition coefficient (Wildman–Crippen LogP) is 2.63. The minimum absolute atomic E-state index is 0.0652. The molecule has 2 atom stereocenters. The summed E-state index contributed by atoms with van der Waals surface area (Å²) in [4.78, 5) is 14.2. The van der Waals surface area contributed by atoms with Crippen molar-refractivity contribution < 1.29 is 18.7 Å². The van der Waals surface area contributed by atoms with E-state index in [0.717, 1.165) is 44.4 Å². The van der Waals surface area contributed by atoms with Gasteiger partial charge in [-0.2, -0.15) is 0 Å². The van der Waals surface area contributed by atoms with Crippen molar-refractivity contribution in [3.63, 3.8) is 0 Å². The topological polar surface area (TPSA) is 52.6 Å². The van der Waals surface area contributed by atoms with Gasteiger partial charge in [0.1, 0.15) is 0 Å². The monoisotopic (exact) mass is 340 g/mol. The molecule has 4 nitrogen and oxygen atoms in total. The van der Waals surface area contributed by atoms with Gasteiger partial charge >= 0.3 is 0 Å². The molecule has 2 rings (SSSR count). The minimum atomic E-state index is -0.960. The van der Waals surface area contributed by atoms with Crippen molar-refractivity contribution in [1.82, 2.24) is 10.2 Å². The number of rotatable bonds is 7. The molecule has 134 valence electrons. The normalized spacial score (nSPS) is 19.9. The second-order valence-corrected chi connectivity index (χ2v) is 6.43. The number of aliphatic hydroxyl groups is 1. The number of carbonyl (C=O) groups is 1. The van der Waals surface area contributed by atoms with Gasteiger partial charge in [0.15, 0.2) is 11.6 Å². The lowest BCUT2D eigenvalue weighted by Gasteiger charge is -2.33. The summed E-state index contributed by atoms with van der Waals surface area (Å²) in [6, 6.07) is 3.44. The number of amides is 1. The third kappa shape index (κ3) is 5.24. The number of nitrogens with zero attached hydrogens (tertiary/aromatic N) is 1. The Balaban J connectivity index is 1.87. The first kappa shape index (κ1) is 18.8. The fourth-order valence-corrected chi connectivity index (χ4v) is 3.04. The van der Waals surface area contributed by atoms with E-state index in [4.69, 9.17) is 0 Å². The minimum Gasteiger partial charge on any atom is -0.387 e. The molecule has 1 heterocycles. The average Bonchev–Trinajstić information content (AvgIpc) is 2.57. The van der Waals surface area contributed by atoms with E-state index in [1.54, 1.807) is 0 Å². The van der Waals surface area contributed by atoms with Crippen molar-refractivity contribution in [2.45, 2.75) is 38.7 Å². The molecular formula is C18H26F2N2O2. The van der Waals surface area contributed by atoms with Crippen molar-refractivity contribution in [2.75, 3.05) is 26.2 Å². The van der Waals surface area contributed by atoms with Crippen LogP contribution >= 0.6 is 0 Å². The van der Waals surface area contributed by atoms with Crippen molar-refractivity contribution in [3.8, 4) is 0 Å². The number of likely N-dealkylation sites (tertiary alicyclic amines) is 1. The lowest BCUT2D eigenvalue weighted by Crippen LogP contribution is -2.44. The molecule has 1 saturated heterocycles. The number of benzene rings is 1. The standard InChI is InChI=1S/C18H26F2N2O2/c1-2-3-8-21-18(24)14-5-4-9-22(11-14)12-17(23)13-6-7-15(19)16(20)10-13/h6-7,10,14,17,23H,2-5,8-9,11-12H2,1H3,(H,21,24)/t14-,17-/m0/s1. The lowest BCUT2D eigenvalue weighted by molar-refractivity contribution is -0.126. The SMILES string of the molecule is CCCCNC(=O)[C@H]1CCCN(C[C@H](O)c2ccc(F)c(F)c2)C1. The van der Waals surface area contributed by atoms with E-state index >= 15 is 0 Å². The number of halogens is 2. The number of β-amino-alcohol motifs (C(OH)–C–C–N with tert-alkyl or cyclic N) is 1. The van der Waals surface area contributed by atoms with E-state index < -0.39 is 17.7 Å². The van der Waals surface area contributed by atoms with E-state index in [1.807, 2.05) is 4.90 Å². The quantitative estimate of drug-likeness (QED) is 0.750. The maximum atomic E-state index is 13.3. The zero-order chi connectivity index (χ0) is 17.5. The summed E-state index contributed by atoms with van der Waals surface area (Å²) in [6.45, 7) is 4.46. The summed E-state index contributed by atoms with van der Waals surface area (Å²) in [5, 5.41) is 13.2. The number of aliphatic hydroxyl groups excluding tert-OH is 1. The molecule has 2 N–H and O–H groups in total. The van der Waals surface area contributed by atoms with Gasteiger partial charge in [-0.15, -0.1) is 0 Å². The number of unbranched alkanes of at least 4 members (excludes halogenated alkanes) is 1. The zero-order valence-electron chi connectivity index (χ0n) is 14.1. The van der Waals surface area contributed by atoms with Gasteiger partial charge < -0.3 is 10.4 Å². The summed E-state index contributed by atoms with van der Waals surface area (Å²) in [5.74, 6) is -1.89. The van der Waals surface area contributed by atoms with Crippen LogP contribution in [-0.4, -0.2) is 42.1 Å². The number of hydrogen-bond acceptors (Lipinski definition) is 3. The second-order valence-electron chi connectivity index (χ2n) is 6.43. The van der Waals surface area contributed by atoms with Gasteiger partial charge in [-0.05, 0) is 43.5 Å². The van der Waals surface area contributed by atoms with E-state index in [9.17, 15) is 18.7 Å². The van der Waals surface area contributed by atoms with Crippen molar-refractivity contribution in [2.24, 2.45) is 5.92 Å². The van der Waals surface area contributed by atoms with Gasteiger partial charge in [0.2, 0.25) is 5.91 Å². The summed E-state index contributed by atoms with van der Waals surface area (Å²) >= 11 is 0. The Labute approximate surface area is 141 Å². The number of nitrogens with one attached hydrogen (secondary N) is 1. The van der Waals surface area contributed by atoms with Crippen LogP contribution in [0.1, 0.15) is 44.3 Å². The fourth-order valence-electron chi connectivity index (χ4n) is 3.04. The fraction of sp³-hybridized carbons (Fsp3) is 0.611. The Hall–Kier alpha value is -1.53. The van der Waals surface area contributed by atoms with Crippen LogP contribution in [0.15, 0.2) is 18.2 Å². The van der Waals surface area contributed by atoms with Crippen LogP contribution in [-0.2, 0) is 4.79 Å². The Morgan fingerprint density at radius 2 is 2.21 bits per heavy atom. The van der Waals surface area contributed by atoms with Crippen LogP contribution in [0.5, 0.6) is 0 Å². The van der Waals surface area contributed by atoms with Gasteiger partial charge in [-0.1, -0.05) is 19.4 Å². The molecule has 1 fully saturated rings. The zero-order valence-corrected chi connectivity index (χ0v) is 14.1. The second kappa shape index (κ2) is 9.08. The molecule has 1 amide bonds. The van der Waals surface area contributed by atoms with Crippen molar-refractivity contribution in [3.05, 3.63) is 35.4 Å². The molecule has 0 unspecified atom stereocenters. The first-order chi connectivity index (χ1) is 11.5. The van der Waals surface area contributed by atoms with Crippen LogP contribution in [0.2, 0.25) is 0 Å². The summed E-state index contributed by atoms with van der Waals surface area (Å²) in [7, 11) is 0. The highest BCUT2D eigenvalue weighted by atomic mass is 19.2. The van der Waals surface area contributed by atoms with Crippen LogP contribution in [0.4, 0.5) is 8.78 Å². The lowest BCUT2D eigenvalue weighted by atomic mass is 9.96. The summed E-state index contributed by atoms with van der Waals surface area (Å²) in [5.41, 5.74) is 0.350. The van der Waals surface area contributed by atoms with Crippen molar-refractivity contribution >= 4 is 5.91 Å². The van der Waals surface area contributed by atoms with Gasteiger partial charge in [0.05, 0.1) is 12.0 Å². The van der Waals surface area contributed by atoms with Crippen LogP contribution in [0.25, 0.3) is 0 Å². The largest absolute Gasteiger partial charge is 0.387 e. The third-order valence-corrected chi connectivity index (χ3v) is 4.47. The molecule has 1 aromatic carbocycles. The maximum Gasteiger partial charge on any atom is 0.224 e. The van der Waals surface area contributed by atoms with Crippen LogP contribution < -0.4 is 5.32 Å². The van der Waals surface area contributed by atoms with E-state index in [0.29, 0.717) is 25.2 Å². The molecule has 0 bridgehead atoms. The van der Waals surface area contributed by atoms with Crippen LogP contribution in [0.3, 0.4) is 0 Å². The molecule has 24 heavy (non-hydrogen) atoms.